The van der Waals surface area contributed by atoms with E-state index in [0.717, 1.165) is 24.2 Å². The molecule has 3 rings (SSSR count). The molecule has 3 aromatic rings. The molecule has 1 N–H and O–H groups in total. The Hall–Kier alpha value is -3.58. The molecule has 3 heterocycles. The second-order valence-corrected chi connectivity index (χ2v) is 7.16. The Labute approximate surface area is 196 Å². The average molecular weight is 476 g/mol. The summed E-state index contributed by atoms with van der Waals surface area (Å²) in [6, 6.07) is 4.85. The van der Waals surface area contributed by atoms with Crippen LogP contribution in [0.1, 0.15) is 55.0 Å². The van der Waals surface area contributed by atoms with Crippen molar-refractivity contribution in [2.45, 2.75) is 39.3 Å². The summed E-state index contributed by atoms with van der Waals surface area (Å²) in [4.78, 5) is 20.7. The Morgan fingerprint density at radius 1 is 1.18 bits per heavy atom. The highest BCUT2D eigenvalue weighted by Crippen LogP contribution is 2.30. The van der Waals surface area contributed by atoms with Gasteiger partial charge in [-0.2, -0.15) is 13.2 Å². The fourth-order valence-electron chi connectivity index (χ4n) is 3.10. The van der Waals surface area contributed by atoms with Gasteiger partial charge in [-0.05, 0) is 32.4 Å². The highest BCUT2D eigenvalue weighted by Gasteiger charge is 2.33. The van der Waals surface area contributed by atoms with Crippen molar-refractivity contribution in [1.29, 1.82) is 0 Å². The first-order valence-corrected chi connectivity index (χ1v) is 10.6. The Balaban J connectivity index is 0.00000199. The van der Waals surface area contributed by atoms with Gasteiger partial charge in [-0.15, -0.1) is 12.8 Å². The lowest BCUT2D eigenvalue weighted by Gasteiger charge is -2.12. The lowest BCUT2D eigenvalue weighted by atomic mass is 10.1. The zero-order valence-corrected chi connectivity index (χ0v) is 19.2. The van der Waals surface area contributed by atoms with Crippen LogP contribution in [0.3, 0.4) is 0 Å². The van der Waals surface area contributed by atoms with Crippen molar-refractivity contribution in [1.82, 2.24) is 14.4 Å². The van der Waals surface area contributed by atoms with E-state index >= 15 is 0 Å². The number of halogens is 3. The number of pyridine rings is 2. The van der Waals surface area contributed by atoms with Gasteiger partial charge in [0.15, 0.2) is 0 Å². The minimum absolute atomic E-state index is 0.157. The molecule has 7 nitrogen and oxygen atoms in total. The van der Waals surface area contributed by atoms with Gasteiger partial charge in [0.25, 0.3) is 5.91 Å². The number of ether oxygens (including phenoxy) is 2. The molecule has 182 valence electrons. The lowest BCUT2D eigenvalue weighted by Crippen LogP contribution is -2.17. The molecule has 0 saturated carbocycles. The summed E-state index contributed by atoms with van der Waals surface area (Å²) in [7, 11) is 0. The summed E-state index contributed by atoms with van der Waals surface area (Å²) in [6.07, 6.45) is 7.63. The SMILES string of the molecule is C#C.CCOCC[C@@H](C)c1cn2cc(NC(=O)c3cccc(C(F)(F)F)n3)c(OCC)cc2n1. The number of alkyl halides is 3. The first-order valence-electron chi connectivity index (χ1n) is 10.6. The van der Waals surface area contributed by atoms with Crippen molar-refractivity contribution in [2.24, 2.45) is 0 Å². The number of hydrogen-bond donors (Lipinski definition) is 1. The Morgan fingerprint density at radius 2 is 1.91 bits per heavy atom. The number of nitrogens with one attached hydrogen (secondary N) is 1. The van der Waals surface area contributed by atoms with Crippen LogP contribution in [0, 0.1) is 12.8 Å². The fraction of sp³-hybridized carbons (Fsp3) is 0.375. The molecule has 0 aliphatic heterocycles. The molecule has 0 aliphatic carbocycles. The summed E-state index contributed by atoms with van der Waals surface area (Å²) in [5.74, 6) is -0.259. The third-order valence-electron chi connectivity index (χ3n) is 4.80. The van der Waals surface area contributed by atoms with Gasteiger partial charge in [0.05, 0.1) is 12.3 Å². The van der Waals surface area contributed by atoms with E-state index in [-0.39, 0.29) is 11.6 Å². The number of hydrogen-bond acceptors (Lipinski definition) is 5. The zero-order valence-electron chi connectivity index (χ0n) is 19.2. The topological polar surface area (TPSA) is 77.8 Å². The molecular formula is C24H27F3N4O3. The van der Waals surface area contributed by atoms with E-state index in [9.17, 15) is 18.0 Å². The Bertz CT molecular complexity index is 1130. The number of aromatic nitrogens is 3. The van der Waals surface area contributed by atoms with E-state index < -0.39 is 17.8 Å². The Morgan fingerprint density at radius 3 is 2.56 bits per heavy atom. The van der Waals surface area contributed by atoms with Crippen molar-refractivity contribution in [3.05, 3.63) is 53.7 Å². The van der Waals surface area contributed by atoms with Crippen LogP contribution in [0.5, 0.6) is 5.75 Å². The number of amides is 1. The van der Waals surface area contributed by atoms with Crippen LogP contribution in [-0.2, 0) is 10.9 Å². The van der Waals surface area contributed by atoms with Crippen LogP contribution in [-0.4, -0.2) is 40.1 Å². The maximum atomic E-state index is 12.9. The smallest absolute Gasteiger partial charge is 0.433 e. The fourth-order valence-corrected chi connectivity index (χ4v) is 3.10. The molecule has 0 aromatic carbocycles. The molecule has 0 bridgehead atoms. The summed E-state index contributed by atoms with van der Waals surface area (Å²) in [6.45, 7) is 7.39. The number of nitrogens with zero attached hydrogens (tertiary/aromatic N) is 3. The van der Waals surface area contributed by atoms with Crippen molar-refractivity contribution in [2.75, 3.05) is 25.1 Å². The minimum atomic E-state index is -4.64. The lowest BCUT2D eigenvalue weighted by molar-refractivity contribution is -0.141. The molecule has 1 amide bonds. The summed E-state index contributed by atoms with van der Waals surface area (Å²) >= 11 is 0. The predicted octanol–water partition coefficient (Wildman–Crippen LogP) is 5.18. The van der Waals surface area contributed by atoms with Gasteiger partial charge in [0, 0.05) is 37.6 Å². The van der Waals surface area contributed by atoms with Gasteiger partial charge >= 0.3 is 6.18 Å². The monoisotopic (exact) mass is 476 g/mol. The number of rotatable bonds is 9. The molecular weight excluding hydrogens is 449 g/mol. The van der Waals surface area contributed by atoms with Gasteiger partial charge in [-0.25, -0.2) is 9.97 Å². The third-order valence-corrected chi connectivity index (χ3v) is 4.80. The number of fused-ring (bicyclic) bond motifs is 1. The number of carbonyl (C=O) groups is 1. The van der Waals surface area contributed by atoms with Crippen LogP contribution in [0.2, 0.25) is 0 Å². The molecule has 0 saturated heterocycles. The van der Waals surface area contributed by atoms with Gasteiger partial charge in [0.2, 0.25) is 0 Å². The summed E-state index contributed by atoms with van der Waals surface area (Å²) in [5, 5.41) is 2.60. The first-order chi connectivity index (χ1) is 16.2. The molecule has 0 aliphatic rings. The number of carbonyl (C=O) groups excluding carboxylic acids is 1. The highest BCUT2D eigenvalue weighted by molar-refractivity contribution is 6.03. The standard InChI is InChI=1S/C22H25F3N4O3.C2H2/c1-4-31-10-9-14(3)16-12-29-13-17(18(32-5-2)11-20(29)27-16)28-21(30)15-7-6-8-19(26-15)22(23,24)25;1-2/h6-8,11-14H,4-5,9-10H2,1-3H3,(H,28,30);1-2H/t14-;/m1./s1. The maximum absolute atomic E-state index is 12.9. The highest BCUT2D eigenvalue weighted by atomic mass is 19.4. The van der Waals surface area contributed by atoms with E-state index in [0.29, 0.717) is 36.9 Å². The van der Waals surface area contributed by atoms with Crippen LogP contribution in [0.25, 0.3) is 5.65 Å². The van der Waals surface area contributed by atoms with Crippen LogP contribution >= 0.6 is 0 Å². The quantitative estimate of drug-likeness (QED) is 0.340. The van der Waals surface area contributed by atoms with Crippen LogP contribution in [0.15, 0.2) is 36.7 Å². The maximum Gasteiger partial charge on any atom is 0.433 e. The van der Waals surface area contributed by atoms with E-state index in [2.05, 4.69) is 28.1 Å². The molecule has 3 aromatic heterocycles. The third kappa shape index (κ3) is 6.71. The molecule has 0 fully saturated rings. The first kappa shape index (κ1) is 26.7. The predicted molar refractivity (Wildman–Crippen MR) is 123 cm³/mol. The Kier molecular flexibility index (Phi) is 9.45. The van der Waals surface area contributed by atoms with Crippen LogP contribution < -0.4 is 10.1 Å². The zero-order chi connectivity index (χ0) is 25.3. The number of imidazole rings is 1. The second-order valence-electron chi connectivity index (χ2n) is 7.16. The number of anilines is 1. The van der Waals surface area contributed by atoms with Crippen molar-refractivity contribution in [3.63, 3.8) is 0 Å². The average Bonchev–Trinajstić information content (AvgIpc) is 3.23. The minimum Gasteiger partial charge on any atom is -0.491 e. The molecule has 0 unspecified atom stereocenters. The summed E-state index contributed by atoms with van der Waals surface area (Å²) in [5.41, 5.74) is 0.302. The molecule has 10 heteroatoms. The summed E-state index contributed by atoms with van der Waals surface area (Å²) < 4.78 is 51.6. The van der Waals surface area contributed by atoms with Crippen molar-refractivity contribution < 1.29 is 27.4 Å². The van der Waals surface area contributed by atoms with Crippen LogP contribution in [0.4, 0.5) is 18.9 Å². The van der Waals surface area contributed by atoms with E-state index in [4.69, 9.17) is 9.47 Å². The van der Waals surface area contributed by atoms with E-state index in [1.807, 2.05) is 20.0 Å². The molecule has 0 spiro atoms. The second kappa shape index (κ2) is 12.0. The largest absolute Gasteiger partial charge is 0.491 e. The van der Waals surface area contributed by atoms with Gasteiger partial charge in [-0.1, -0.05) is 13.0 Å². The van der Waals surface area contributed by atoms with Gasteiger partial charge < -0.3 is 19.2 Å². The van der Waals surface area contributed by atoms with E-state index in [1.165, 1.54) is 6.07 Å². The molecule has 0 radical (unpaired) electrons. The van der Waals surface area contributed by atoms with Gasteiger partial charge in [0.1, 0.15) is 28.5 Å². The molecule has 1 atom stereocenters. The van der Waals surface area contributed by atoms with Gasteiger partial charge in [-0.3, -0.25) is 4.79 Å². The molecule has 34 heavy (non-hydrogen) atoms. The normalized spacial score (nSPS) is 12.0. The number of terminal acetylenes is 1. The van der Waals surface area contributed by atoms with Crippen molar-refractivity contribution in [3.8, 4) is 18.6 Å². The van der Waals surface area contributed by atoms with Crippen molar-refractivity contribution >= 4 is 17.2 Å². The van der Waals surface area contributed by atoms with E-state index in [1.54, 1.807) is 23.6 Å².